The molecule has 45 heavy (non-hydrogen) atoms. The van der Waals surface area contributed by atoms with E-state index >= 15 is 0 Å². The third kappa shape index (κ3) is 4.35. The second-order valence-corrected chi connectivity index (χ2v) is 11.1. The largest absolute Gasteiger partial charge is 0.246 e. The van der Waals surface area contributed by atoms with E-state index in [1.54, 1.807) is 0 Å². The molecule has 0 spiro atoms. The van der Waals surface area contributed by atoms with Gasteiger partial charge in [0.1, 0.15) is 0 Å². The molecule has 0 fully saturated rings. The Bertz CT molecular complexity index is 2490. The van der Waals surface area contributed by atoms with Gasteiger partial charge in [0, 0.05) is 43.8 Å². The highest BCUT2D eigenvalue weighted by Crippen LogP contribution is 2.40. The van der Waals surface area contributed by atoms with Crippen molar-refractivity contribution in [2.24, 2.45) is 0 Å². The number of hydrogen-bond donors (Lipinski definition) is 0. The Balaban J connectivity index is 1.35. The van der Waals surface area contributed by atoms with Gasteiger partial charge >= 0.3 is 0 Å². The first-order chi connectivity index (χ1) is 22.2. The molecule has 0 N–H and O–H groups in total. The Kier molecular flexibility index (Phi) is 6.40. The van der Waals surface area contributed by atoms with E-state index in [0.717, 1.165) is 82.6 Å². The van der Waals surface area contributed by atoms with Crippen LogP contribution in [-0.2, 0) is 0 Å². The molecular formula is C42H27N3. The summed E-state index contributed by atoms with van der Waals surface area (Å²) in [7, 11) is 0. The Morgan fingerprint density at radius 2 is 1.11 bits per heavy atom. The van der Waals surface area contributed by atoms with Crippen molar-refractivity contribution in [3.05, 3.63) is 145 Å². The van der Waals surface area contributed by atoms with Crippen molar-refractivity contribution >= 4 is 49.4 Å². The molecule has 0 amide bonds. The predicted octanol–water partition coefficient (Wildman–Crippen LogP) is 10.5. The molecule has 0 unspecified atom stereocenters. The lowest BCUT2D eigenvalue weighted by atomic mass is 9.90. The van der Waals surface area contributed by atoms with Crippen molar-refractivity contribution in [3.8, 4) is 46.2 Å². The van der Waals surface area contributed by atoms with Gasteiger partial charge in [-0.25, -0.2) is 15.0 Å². The van der Waals surface area contributed by atoms with Crippen LogP contribution in [0, 0.1) is 12.3 Å². The Morgan fingerprint density at radius 3 is 1.80 bits per heavy atom. The second-order valence-electron chi connectivity index (χ2n) is 11.1. The van der Waals surface area contributed by atoms with E-state index < -0.39 is 0 Å². The van der Waals surface area contributed by atoms with Crippen molar-refractivity contribution < 1.29 is 0 Å². The number of pyridine rings is 1. The van der Waals surface area contributed by atoms with Crippen LogP contribution in [0.25, 0.3) is 83.3 Å². The van der Waals surface area contributed by atoms with Crippen LogP contribution >= 0.6 is 0 Å². The third-order valence-electron chi connectivity index (χ3n) is 8.45. The molecule has 3 heteroatoms. The quantitative estimate of drug-likeness (QED) is 0.155. The lowest BCUT2D eigenvalue weighted by Crippen LogP contribution is -1.97. The first-order valence-electron chi connectivity index (χ1n) is 15.0. The molecule has 2 aromatic heterocycles. The molecule has 210 valence electrons. The molecule has 0 aliphatic carbocycles. The van der Waals surface area contributed by atoms with E-state index in [4.69, 9.17) is 21.4 Å². The zero-order valence-electron chi connectivity index (χ0n) is 24.7. The summed E-state index contributed by atoms with van der Waals surface area (Å²) >= 11 is 0. The van der Waals surface area contributed by atoms with Crippen LogP contribution in [0.15, 0.2) is 133 Å². The number of hydrogen-bond acceptors (Lipinski definition) is 3. The van der Waals surface area contributed by atoms with Gasteiger partial charge in [0.15, 0.2) is 5.82 Å². The molecule has 2 heterocycles. The predicted molar refractivity (Wildman–Crippen MR) is 189 cm³/mol. The van der Waals surface area contributed by atoms with Crippen LogP contribution in [0.3, 0.4) is 0 Å². The summed E-state index contributed by atoms with van der Waals surface area (Å²) in [4.78, 5) is 15.3. The minimum Gasteiger partial charge on any atom is -0.246 e. The molecule has 0 saturated heterocycles. The summed E-state index contributed by atoms with van der Waals surface area (Å²) in [6, 6.07) is 43.7. The van der Waals surface area contributed by atoms with Gasteiger partial charge in [-0.1, -0.05) is 139 Å². The molecule has 8 aromatic rings. The van der Waals surface area contributed by atoms with Crippen molar-refractivity contribution in [3.63, 3.8) is 0 Å². The fourth-order valence-corrected chi connectivity index (χ4v) is 6.41. The summed E-state index contributed by atoms with van der Waals surface area (Å²) in [5.41, 5.74) is 8.64. The van der Waals surface area contributed by atoms with Gasteiger partial charge in [0.2, 0.25) is 0 Å². The SMILES string of the molecule is C#Cc1c(/C=C\C)c2ccccc2c2nc(-c3ccc(-c4nc(-c5ccccc5)nc5ccccc45)cc3)c3ccccc3c12. The number of fused-ring (bicyclic) bond motifs is 6. The topological polar surface area (TPSA) is 38.7 Å². The first kappa shape index (κ1) is 26.5. The third-order valence-corrected chi connectivity index (χ3v) is 8.45. The summed E-state index contributed by atoms with van der Waals surface area (Å²) in [5.74, 6) is 3.73. The van der Waals surface area contributed by atoms with Crippen LogP contribution in [-0.4, -0.2) is 15.0 Å². The summed E-state index contributed by atoms with van der Waals surface area (Å²) in [6.45, 7) is 2.02. The molecule has 0 atom stereocenters. The zero-order chi connectivity index (χ0) is 30.3. The van der Waals surface area contributed by atoms with E-state index in [0.29, 0.717) is 5.82 Å². The van der Waals surface area contributed by atoms with Gasteiger partial charge in [0.05, 0.1) is 22.4 Å². The van der Waals surface area contributed by atoms with Gasteiger partial charge < -0.3 is 0 Å². The number of benzene rings is 6. The van der Waals surface area contributed by atoms with E-state index in [-0.39, 0.29) is 0 Å². The second kappa shape index (κ2) is 10.9. The molecule has 3 nitrogen and oxygen atoms in total. The van der Waals surface area contributed by atoms with Crippen LogP contribution in [0.4, 0.5) is 0 Å². The maximum absolute atomic E-state index is 6.22. The molecular weight excluding hydrogens is 546 g/mol. The summed E-state index contributed by atoms with van der Waals surface area (Å²) in [5, 5.41) is 6.38. The number of aromatic nitrogens is 3. The van der Waals surface area contributed by atoms with Crippen LogP contribution in [0.1, 0.15) is 18.1 Å². The fourth-order valence-electron chi connectivity index (χ4n) is 6.41. The summed E-state index contributed by atoms with van der Waals surface area (Å²) in [6.07, 6.45) is 10.4. The highest BCUT2D eigenvalue weighted by molar-refractivity contribution is 6.22. The number of terminal acetylenes is 1. The number of nitrogens with zero attached hydrogens (tertiary/aromatic N) is 3. The zero-order valence-corrected chi connectivity index (χ0v) is 24.7. The molecule has 0 saturated carbocycles. The number of allylic oxidation sites excluding steroid dienone is 1. The normalized spacial score (nSPS) is 11.6. The van der Waals surface area contributed by atoms with E-state index in [1.807, 2.05) is 61.5 Å². The standard InChI is InChI=1S/C42H27N3/c1-3-14-31-30(4-2)38-33-18-9-11-20-35(33)39(44-41(38)34-19-10-8-17-32(31)34)27-23-25-28(26-24-27)40-36-21-12-13-22-37(36)43-42(45-40)29-15-6-5-7-16-29/h2-3,5-26H,1H3/b14-3-. The van der Waals surface area contributed by atoms with Crippen molar-refractivity contribution in [1.82, 2.24) is 15.0 Å². The highest BCUT2D eigenvalue weighted by Gasteiger charge is 2.19. The van der Waals surface area contributed by atoms with Gasteiger partial charge in [-0.2, -0.15) is 0 Å². The van der Waals surface area contributed by atoms with E-state index in [2.05, 4.69) is 90.9 Å². The smallest absolute Gasteiger partial charge is 0.160 e. The maximum Gasteiger partial charge on any atom is 0.160 e. The lowest BCUT2D eigenvalue weighted by Gasteiger charge is -2.16. The van der Waals surface area contributed by atoms with Crippen LogP contribution < -0.4 is 0 Å². The van der Waals surface area contributed by atoms with Gasteiger partial charge in [-0.05, 0) is 29.3 Å². The summed E-state index contributed by atoms with van der Waals surface area (Å²) < 4.78 is 0. The molecule has 6 aromatic carbocycles. The van der Waals surface area contributed by atoms with Gasteiger partial charge in [0.25, 0.3) is 0 Å². The highest BCUT2D eigenvalue weighted by atomic mass is 14.9. The molecule has 0 bridgehead atoms. The van der Waals surface area contributed by atoms with E-state index in [1.165, 1.54) is 0 Å². The molecule has 0 aliphatic heterocycles. The van der Waals surface area contributed by atoms with E-state index in [9.17, 15) is 0 Å². The average Bonchev–Trinajstić information content (AvgIpc) is 3.11. The molecule has 8 rings (SSSR count). The first-order valence-corrected chi connectivity index (χ1v) is 15.0. The van der Waals surface area contributed by atoms with Crippen molar-refractivity contribution in [1.29, 1.82) is 0 Å². The average molecular weight is 574 g/mol. The van der Waals surface area contributed by atoms with Crippen molar-refractivity contribution in [2.45, 2.75) is 6.92 Å². The number of para-hydroxylation sites is 1. The van der Waals surface area contributed by atoms with Crippen molar-refractivity contribution in [2.75, 3.05) is 0 Å². The Hall–Kier alpha value is -6.11. The maximum atomic E-state index is 6.22. The minimum atomic E-state index is 0.712. The van der Waals surface area contributed by atoms with Crippen LogP contribution in [0.2, 0.25) is 0 Å². The molecule has 0 radical (unpaired) electrons. The number of rotatable bonds is 4. The van der Waals surface area contributed by atoms with Gasteiger partial charge in [-0.15, -0.1) is 6.42 Å². The van der Waals surface area contributed by atoms with Crippen LogP contribution in [0.5, 0.6) is 0 Å². The monoisotopic (exact) mass is 573 g/mol. The minimum absolute atomic E-state index is 0.712. The fraction of sp³-hybridized carbons (Fsp3) is 0.0238. The Morgan fingerprint density at radius 1 is 0.533 bits per heavy atom. The Labute approximate surface area is 261 Å². The molecule has 0 aliphatic rings. The lowest BCUT2D eigenvalue weighted by molar-refractivity contribution is 1.23. The van der Waals surface area contributed by atoms with Gasteiger partial charge in [-0.3, -0.25) is 0 Å².